The van der Waals surface area contributed by atoms with E-state index in [1.54, 1.807) is 6.20 Å². The van der Waals surface area contributed by atoms with Crippen molar-refractivity contribution in [3.05, 3.63) is 18.3 Å². The molecule has 2 amide bonds. The third kappa shape index (κ3) is 3.36. The van der Waals surface area contributed by atoms with Crippen molar-refractivity contribution >= 4 is 17.5 Å². The molecule has 7 nitrogen and oxygen atoms in total. The van der Waals surface area contributed by atoms with Crippen LogP contribution in [-0.2, 0) is 0 Å². The minimum absolute atomic E-state index is 0.0692. The quantitative estimate of drug-likeness (QED) is 0.804. The summed E-state index contributed by atoms with van der Waals surface area (Å²) in [5.74, 6) is 0.989. The van der Waals surface area contributed by atoms with Gasteiger partial charge in [-0.05, 0) is 12.1 Å². The normalized spacial score (nSPS) is 19.9. The maximum atomic E-state index is 11.5. The minimum atomic E-state index is 0.0692. The highest BCUT2D eigenvalue weighted by Gasteiger charge is 2.22. The zero-order valence-corrected chi connectivity index (χ0v) is 12.2. The molecule has 0 saturated carbocycles. The number of amides is 2. The van der Waals surface area contributed by atoms with E-state index in [4.69, 9.17) is 5.73 Å². The Balaban J connectivity index is 1.44. The molecule has 1 aromatic rings. The molecule has 0 bridgehead atoms. The SMILES string of the molecule is Nc1ccc(N2CCN(CCN3CCNC3=O)CC2)nc1. The maximum absolute atomic E-state index is 11.5. The van der Waals surface area contributed by atoms with Crippen LogP contribution in [-0.4, -0.2) is 73.2 Å². The predicted octanol–water partition coefficient (Wildman–Crippen LogP) is -0.189. The molecule has 0 spiro atoms. The Hall–Kier alpha value is -2.02. The third-order valence-electron chi connectivity index (χ3n) is 4.10. The topological polar surface area (TPSA) is 77.7 Å². The number of pyridine rings is 1. The predicted molar refractivity (Wildman–Crippen MR) is 82.3 cm³/mol. The number of nitrogens with two attached hydrogens (primary N) is 1. The number of nitrogens with one attached hydrogen (secondary N) is 1. The Morgan fingerprint density at radius 3 is 2.57 bits per heavy atom. The van der Waals surface area contributed by atoms with Crippen LogP contribution in [0, 0.1) is 0 Å². The van der Waals surface area contributed by atoms with Gasteiger partial charge in [-0.3, -0.25) is 4.90 Å². The number of hydrogen-bond acceptors (Lipinski definition) is 5. The van der Waals surface area contributed by atoms with Crippen LogP contribution in [0.4, 0.5) is 16.3 Å². The molecule has 21 heavy (non-hydrogen) atoms. The first kappa shape index (κ1) is 13.9. The van der Waals surface area contributed by atoms with E-state index < -0.39 is 0 Å². The van der Waals surface area contributed by atoms with Gasteiger partial charge >= 0.3 is 6.03 Å². The van der Waals surface area contributed by atoms with Crippen LogP contribution < -0.4 is 16.0 Å². The van der Waals surface area contributed by atoms with E-state index in [-0.39, 0.29) is 6.03 Å². The number of rotatable bonds is 4. The second-order valence-corrected chi connectivity index (χ2v) is 5.50. The van der Waals surface area contributed by atoms with Gasteiger partial charge in [-0.25, -0.2) is 9.78 Å². The highest BCUT2D eigenvalue weighted by molar-refractivity contribution is 5.76. The number of urea groups is 1. The van der Waals surface area contributed by atoms with Gasteiger partial charge < -0.3 is 20.9 Å². The summed E-state index contributed by atoms with van der Waals surface area (Å²) < 4.78 is 0. The maximum Gasteiger partial charge on any atom is 0.317 e. The van der Waals surface area contributed by atoms with Crippen LogP contribution in [0.25, 0.3) is 0 Å². The van der Waals surface area contributed by atoms with Gasteiger partial charge in [-0.15, -0.1) is 0 Å². The Morgan fingerprint density at radius 1 is 1.14 bits per heavy atom. The smallest absolute Gasteiger partial charge is 0.317 e. The number of aromatic nitrogens is 1. The first-order chi connectivity index (χ1) is 10.2. The number of piperazine rings is 1. The third-order valence-corrected chi connectivity index (χ3v) is 4.10. The molecule has 3 rings (SSSR count). The number of anilines is 2. The van der Waals surface area contributed by atoms with Gasteiger partial charge in [0.2, 0.25) is 0 Å². The van der Waals surface area contributed by atoms with Crippen molar-refractivity contribution in [1.29, 1.82) is 0 Å². The molecule has 0 radical (unpaired) electrons. The Labute approximate surface area is 124 Å². The first-order valence-corrected chi connectivity index (χ1v) is 7.44. The Morgan fingerprint density at radius 2 is 1.95 bits per heavy atom. The van der Waals surface area contributed by atoms with Crippen LogP contribution in [0.2, 0.25) is 0 Å². The molecule has 3 heterocycles. The van der Waals surface area contributed by atoms with Gasteiger partial charge in [0.25, 0.3) is 0 Å². The van der Waals surface area contributed by atoms with E-state index in [9.17, 15) is 4.79 Å². The van der Waals surface area contributed by atoms with Crippen LogP contribution >= 0.6 is 0 Å². The fraction of sp³-hybridized carbons (Fsp3) is 0.571. The second kappa shape index (κ2) is 6.17. The lowest BCUT2D eigenvalue weighted by atomic mass is 10.3. The largest absolute Gasteiger partial charge is 0.397 e. The van der Waals surface area contributed by atoms with E-state index in [1.807, 2.05) is 17.0 Å². The molecule has 7 heteroatoms. The summed E-state index contributed by atoms with van der Waals surface area (Å²) in [6.45, 7) is 7.28. The molecule has 0 aromatic carbocycles. The van der Waals surface area contributed by atoms with Gasteiger partial charge in [-0.1, -0.05) is 0 Å². The van der Waals surface area contributed by atoms with Gasteiger partial charge in [0.15, 0.2) is 0 Å². The standard InChI is InChI=1S/C14H22N6O/c15-12-1-2-13(17-11-12)19-8-5-18(6-9-19)7-10-20-4-3-16-14(20)21/h1-2,11H,3-10,15H2,(H,16,21). The van der Waals surface area contributed by atoms with Crippen LogP contribution in [0.15, 0.2) is 18.3 Å². The summed E-state index contributed by atoms with van der Waals surface area (Å²) in [4.78, 5) is 22.4. The molecule has 2 aliphatic heterocycles. The van der Waals surface area contributed by atoms with Crippen molar-refractivity contribution < 1.29 is 4.79 Å². The Kier molecular flexibility index (Phi) is 4.10. The second-order valence-electron chi connectivity index (χ2n) is 5.50. The van der Waals surface area contributed by atoms with E-state index in [1.165, 1.54) is 0 Å². The molecule has 2 aliphatic rings. The van der Waals surface area contributed by atoms with E-state index in [2.05, 4.69) is 20.1 Å². The van der Waals surface area contributed by atoms with Crippen molar-refractivity contribution in [3.8, 4) is 0 Å². The summed E-state index contributed by atoms with van der Waals surface area (Å²) in [7, 11) is 0. The molecule has 2 fully saturated rings. The molecular formula is C14H22N6O. The fourth-order valence-electron chi connectivity index (χ4n) is 2.77. The number of nitrogens with zero attached hydrogens (tertiary/aromatic N) is 4. The summed E-state index contributed by atoms with van der Waals surface area (Å²) in [5, 5.41) is 2.83. The van der Waals surface area contributed by atoms with Crippen molar-refractivity contribution in [2.45, 2.75) is 0 Å². The molecule has 114 valence electrons. The molecular weight excluding hydrogens is 268 g/mol. The lowest BCUT2D eigenvalue weighted by molar-refractivity contribution is 0.197. The molecule has 3 N–H and O–H groups in total. The Bertz CT molecular complexity index is 483. The average Bonchev–Trinajstić information content (AvgIpc) is 2.92. The molecule has 1 aromatic heterocycles. The summed E-state index contributed by atoms with van der Waals surface area (Å²) >= 11 is 0. The van der Waals surface area contributed by atoms with Gasteiger partial charge in [0, 0.05) is 52.4 Å². The summed E-state index contributed by atoms with van der Waals surface area (Å²) in [6, 6.07) is 3.93. The summed E-state index contributed by atoms with van der Waals surface area (Å²) in [6.07, 6.45) is 1.70. The number of nitrogen functional groups attached to an aromatic ring is 1. The molecule has 2 saturated heterocycles. The fourth-order valence-corrected chi connectivity index (χ4v) is 2.77. The van der Waals surface area contributed by atoms with Crippen molar-refractivity contribution in [2.24, 2.45) is 0 Å². The lowest BCUT2D eigenvalue weighted by Crippen LogP contribution is -2.49. The van der Waals surface area contributed by atoms with Crippen molar-refractivity contribution in [2.75, 3.05) is 63.0 Å². The first-order valence-electron chi connectivity index (χ1n) is 7.44. The lowest BCUT2D eigenvalue weighted by Gasteiger charge is -2.35. The molecule has 0 unspecified atom stereocenters. The molecule has 0 atom stereocenters. The highest BCUT2D eigenvalue weighted by atomic mass is 16.2. The summed E-state index contributed by atoms with van der Waals surface area (Å²) in [5.41, 5.74) is 6.36. The zero-order chi connectivity index (χ0) is 14.7. The highest BCUT2D eigenvalue weighted by Crippen LogP contribution is 2.14. The van der Waals surface area contributed by atoms with E-state index >= 15 is 0 Å². The monoisotopic (exact) mass is 290 g/mol. The average molecular weight is 290 g/mol. The van der Waals surface area contributed by atoms with E-state index in [0.29, 0.717) is 5.69 Å². The van der Waals surface area contributed by atoms with Crippen LogP contribution in [0.3, 0.4) is 0 Å². The van der Waals surface area contributed by atoms with Gasteiger partial charge in [0.05, 0.1) is 11.9 Å². The molecule has 0 aliphatic carbocycles. The number of carbonyl (C=O) groups excluding carboxylic acids is 1. The minimum Gasteiger partial charge on any atom is -0.397 e. The zero-order valence-electron chi connectivity index (χ0n) is 12.2. The van der Waals surface area contributed by atoms with Crippen molar-refractivity contribution in [1.82, 2.24) is 20.1 Å². The number of carbonyl (C=O) groups is 1. The van der Waals surface area contributed by atoms with Crippen LogP contribution in [0.5, 0.6) is 0 Å². The van der Waals surface area contributed by atoms with Gasteiger partial charge in [0.1, 0.15) is 5.82 Å². The number of hydrogen-bond donors (Lipinski definition) is 2. The van der Waals surface area contributed by atoms with Crippen molar-refractivity contribution in [3.63, 3.8) is 0 Å². The van der Waals surface area contributed by atoms with Crippen LogP contribution in [0.1, 0.15) is 0 Å². The van der Waals surface area contributed by atoms with E-state index in [0.717, 1.165) is 58.2 Å². The van der Waals surface area contributed by atoms with Gasteiger partial charge in [-0.2, -0.15) is 0 Å².